The maximum atomic E-state index is 14.6. The minimum atomic E-state index is -0.243. The van der Waals surface area contributed by atoms with Gasteiger partial charge < -0.3 is 35.1 Å². The number of nitrogens with zero attached hydrogens (tertiary/aromatic N) is 16. The zero-order chi connectivity index (χ0) is 64.4. The van der Waals surface area contributed by atoms with Crippen LogP contribution in [0.25, 0.3) is 50.3 Å². The molecule has 25 heteroatoms. The number of ether oxygens (including phenoxy) is 3. The zero-order valence-corrected chi connectivity index (χ0v) is 52.4. The van der Waals surface area contributed by atoms with Crippen LogP contribution in [-0.2, 0) is 52.0 Å². The highest BCUT2D eigenvalue weighted by Gasteiger charge is 2.24. The van der Waals surface area contributed by atoms with Crippen LogP contribution in [0.5, 0.6) is 17.2 Å². The molecule has 0 saturated carbocycles. The lowest BCUT2D eigenvalue weighted by Gasteiger charge is -2.13. The van der Waals surface area contributed by atoms with Crippen LogP contribution in [0.1, 0.15) is 56.0 Å². The van der Waals surface area contributed by atoms with Gasteiger partial charge in [0.15, 0.2) is 0 Å². The first kappa shape index (κ1) is 60.4. The molecule has 0 saturated heterocycles. The van der Waals surface area contributed by atoms with Crippen molar-refractivity contribution in [3.05, 3.63) is 221 Å². The molecule has 0 atom stereocenters. The third kappa shape index (κ3) is 12.5. The second-order valence-corrected chi connectivity index (χ2v) is 23.4. The fourth-order valence-electron chi connectivity index (χ4n) is 12.0. The second-order valence-electron chi connectivity index (χ2n) is 23.4. The number of anilines is 3. The van der Waals surface area contributed by atoms with Crippen molar-refractivity contribution < 1.29 is 27.4 Å². The number of pyridine rings is 2. The fourth-order valence-corrected chi connectivity index (χ4v) is 12.0. The molecular formula is C69H66F3N19O3. The number of hydrogen-bond donors (Lipinski definition) is 3. The zero-order valence-electron chi connectivity index (χ0n) is 52.4. The Morgan fingerprint density at radius 2 is 0.883 bits per heavy atom. The van der Waals surface area contributed by atoms with Gasteiger partial charge >= 0.3 is 0 Å². The Bertz CT molecular complexity index is 4910. The molecule has 0 amide bonds. The standard InChI is InChI=1S/C25H22FN7O.C23H26FN7O.C21H18FN5O/c1-16-13-33-24(31-16)20(18-10-30-32(15-18)14-17-3-2-7-27-9-17)11-28-25(33)29-12-21-19-6-8-34-23(19)5-4-22(21)26;1-15-13-31-22(28-15)18(16-10-27-30(14-16)8-7-29(2)3)11-25-23(31)26-12-19-17-6-9-32-21(17)5-4-20(19)24;1-13-12-27-20(26-13)16(14-3-2-7-23-9-14)10-24-21(27)25-11-17-15-6-8-28-19(15)5-4-18(17)22/h2-5,7,9-11,13,15H,6,8,12,14H2,1H3,(H,28,29);4-5,10-11,13-14H,6-9,12H2,1-3H3,(H,25,26);2-5,7,9-10,12H,6,8,11H2,1H3,(H,24,25). The topological polar surface area (TPSA) is 219 Å². The number of fused-ring (bicyclic) bond motifs is 6. The molecule has 3 aromatic carbocycles. The summed E-state index contributed by atoms with van der Waals surface area (Å²) in [5.41, 5.74) is 16.1. The maximum absolute atomic E-state index is 14.6. The lowest BCUT2D eigenvalue weighted by Crippen LogP contribution is -2.18. The highest BCUT2D eigenvalue weighted by molar-refractivity contribution is 5.79. The van der Waals surface area contributed by atoms with Crippen molar-refractivity contribution in [2.45, 2.75) is 72.8 Å². The molecule has 0 radical (unpaired) electrons. The van der Waals surface area contributed by atoms with Crippen LogP contribution < -0.4 is 30.2 Å². The normalized spacial score (nSPS) is 12.8. The summed E-state index contributed by atoms with van der Waals surface area (Å²) in [7, 11) is 4.08. The first-order valence-corrected chi connectivity index (χ1v) is 30.9. The van der Waals surface area contributed by atoms with Gasteiger partial charge in [-0.15, -0.1) is 0 Å². The van der Waals surface area contributed by atoms with Crippen molar-refractivity contribution >= 4 is 34.8 Å². The van der Waals surface area contributed by atoms with E-state index in [9.17, 15) is 13.2 Å². The first-order valence-electron chi connectivity index (χ1n) is 30.9. The molecule has 16 rings (SSSR count). The number of imidazole rings is 3. The molecule has 0 spiro atoms. The number of nitrogens with one attached hydrogen (secondary N) is 3. The van der Waals surface area contributed by atoms with Crippen molar-refractivity contribution in [2.24, 2.45) is 0 Å². The molecule has 3 aliphatic rings. The van der Waals surface area contributed by atoms with Gasteiger partial charge in [-0.25, -0.2) is 43.1 Å². The molecule has 13 heterocycles. The van der Waals surface area contributed by atoms with Crippen LogP contribution in [0, 0.1) is 38.2 Å². The Morgan fingerprint density at radius 1 is 0.468 bits per heavy atom. The molecule has 10 aromatic heterocycles. The van der Waals surface area contributed by atoms with Gasteiger partial charge in [-0.1, -0.05) is 12.1 Å². The average molecular weight is 1270 g/mol. The fraction of sp³-hybridized carbons (Fsp3) is 0.246. The quantitative estimate of drug-likeness (QED) is 0.0772. The first-order chi connectivity index (χ1) is 45.8. The average Bonchev–Trinajstić information content (AvgIpc) is 1.61. The van der Waals surface area contributed by atoms with Crippen molar-refractivity contribution in [1.82, 2.24) is 77.5 Å². The molecule has 0 unspecified atom stereocenters. The SMILES string of the molecule is Cc1cn2c(NCc3c(F)ccc4c3CCO4)ncc(-c3cccnc3)c2n1.Cc1cn2c(NCc3c(F)ccc4c3CCO4)ncc(-c3cnn(CCN(C)C)c3)c2n1.Cc1cn2c(NCc3c(F)ccc4c3CCO4)ncc(-c3cnn(Cc4cccnc4)c3)c2n1. The van der Waals surface area contributed by atoms with Crippen LogP contribution in [-0.4, -0.2) is 118 Å². The largest absolute Gasteiger partial charge is 0.493 e. The van der Waals surface area contributed by atoms with E-state index in [-0.39, 0.29) is 17.5 Å². The maximum Gasteiger partial charge on any atom is 0.208 e. The van der Waals surface area contributed by atoms with Gasteiger partial charge in [0.1, 0.15) is 51.6 Å². The predicted molar refractivity (Wildman–Crippen MR) is 350 cm³/mol. The van der Waals surface area contributed by atoms with Crippen LogP contribution in [0.15, 0.2) is 147 Å². The van der Waals surface area contributed by atoms with Crippen molar-refractivity contribution in [3.8, 4) is 50.6 Å². The monoisotopic (exact) mass is 1270 g/mol. The van der Waals surface area contributed by atoms with Crippen molar-refractivity contribution in [1.29, 1.82) is 0 Å². The number of benzene rings is 3. The van der Waals surface area contributed by atoms with Crippen molar-refractivity contribution in [3.63, 3.8) is 0 Å². The summed E-state index contributed by atoms with van der Waals surface area (Å²) < 4.78 is 69.7. The van der Waals surface area contributed by atoms with E-state index >= 15 is 0 Å². The molecule has 94 heavy (non-hydrogen) atoms. The summed E-state index contributed by atoms with van der Waals surface area (Å²) in [6.07, 6.45) is 28.0. The Kier molecular flexibility index (Phi) is 16.8. The summed E-state index contributed by atoms with van der Waals surface area (Å²) in [5.74, 6) is 3.39. The molecule has 476 valence electrons. The van der Waals surface area contributed by atoms with E-state index in [1.54, 1.807) is 55.4 Å². The van der Waals surface area contributed by atoms with E-state index in [1.807, 2.05) is 131 Å². The van der Waals surface area contributed by atoms with E-state index in [0.29, 0.717) is 93.4 Å². The summed E-state index contributed by atoms with van der Waals surface area (Å²) >= 11 is 0. The smallest absolute Gasteiger partial charge is 0.208 e. The Balaban J connectivity index is 0.000000122. The Labute approximate surface area is 538 Å². The third-order valence-corrected chi connectivity index (χ3v) is 16.6. The summed E-state index contributed by atoms with van der Waals surface area (Å²) in [6, 6.07) is 17.2. The van der Waals surface area contributed by atoms with Crippen LogP contribution in [0.2, 0.25) is 0 Å². The lowest BCUT2D eigenvalue weighted by molar-refractivity contribution is 0.356. The molecule has 3 aliphatic heterocycles. The number of aryl methyl sites for hydroxylation is 3. The molecular weight excluding hydrogens is 1200 g/mol. The van der Waals surface area contributed by atoms with E-state index in [1.165, 1.54) is 18.2 Å². The van der Waals surface area contributed by atoms with Gasteiger partial charge in [-0.05, 0) is 89.0 Å². The lowest BCUT2D eigenvalue weighted by atomic mass is 10.0. The molecule has 22 nitrogen and oxygen atoms in total. The molecule has 0 fully saturated rings. The van der Waals surface area contributed by atoms with Gasteiger partial charge in [0.2, 0.25) is 17.8 Å². The summed E-state index contributed by atoms with van der Waals surface area (Å²) in [5, 5.41) is 18.8. The van der Waals surface area contributed by atoms with Crippen LogP contribution in [0.3, 0.4) is 0 Å². The van der Waals surface area contributed by atoms with Crippen LogP contribution in [0.4, 0.5) is 31.0 Å². The highest BCUT2D eigenvalue weighted by atomic mass is 19.1. The van der Waals surface area contributed by atoms with Crippen molar-refractivity contribution in [2.75, 3.05) is 56.4 Å². The predicted octanol–water partition coefficient (Wildman–Crippen LogP) is 11.0. The summed E-state index contributed by atoms with van der Waals surface area (Å²) in [6.45, 7) is 10.9. The molecule has 0 bridgehead atoms. The van der Waals surface area contributed by atoms with E-state index in [4.69, 9.17) is 24.2 Å². The number of halogens is 3. The minimum Gasteiger partial charge on any atom is -0.493 e. The number of hydrogen-bond acceptors (Lipinski definition) is 17. The number of rotatable bonds is 17. The minimum absolute atomic E-state index is 0.234. The van der Waals surface area contributed by atoms with Gasteiger partial charge in [0, 0.05) is 187 Å². The number of likely N-dealkylation sites (N-methyl/N-ethyl adjacent to an activating group) is 1. The van der Waals surface area contributed by atoms with Gasteiger partial charge in [-0.3, -0.25) is 32.5 Å². The van der Waals surface area contributed by atoms with E-state index in [0.717, 1.165) is 126 Å². The van der Waals surface area contributed by atoms with Crippen LogP contribution >= 0.6 is 0 Å². The van der Waals surface area contributed by atoms with E-state index < -0.39 is 0 Å². The highest BCUT2D eigenvalue weighted by Crippen LogP contribution is 2.35. The third-order valence-electron chi connectivity index (χ3n) is 16.6. The van der Waals surface area contributed by atoms with E-state index in [2.05, 4.69) is 61.0 Å². The van der Waals surface area contributed by atoms with Gasteiger partial charge in [-0.2, -0.15) is 10.2 Å². The second kappa shape index (κ2) is 26.2. The van der Waals surface area contributed by atoms with Gasteiger partial charge in [0.05, 0.1) is 62.4 Å². The molecule has 0 aliphatic carbocycles. The number of aromatic nitrogens is 15. The Hall–Kier alpha value is -11.2. The Morgan fingerprint density at radius 3 is 1.30 bits per heavy atom. The summed E-state index contributed by atoms with van der Waals surface area (Å²) in [4.78, 5) is 38.4. The molecule has 13 aromatic rings. The van der Waals surface area contributed by atoms with Gasteiger partial charge in [0.25, 0.3) is 0 Å². The molecule has 3 N–H and O–H groups in total.